The second kappa shape index (κ2) is 20.5. The average Bonchev–Trinajstić information content (AvgIpc) is 4.17. The summed E-state index contributed by atoms with van der Waals surface area (Å²) in [6, 6.07) is 70.5. The van der Waals surface area contributed by atoms with E-state index >= 15 is 0 Å². The molecule has 325 valence electrons. The summed E-state index contributed by atoms with van der Waals surface area (Å²) in [4.78, 5) is 9.19. The average molecular weight is 1030 g/mol. The zero-order valence-electron chi connectivity index (χ0n) is 35.6. The Hall–Kier alpha value is -7.33. The molecule has 11 heteroatoms. The fraction of sp³-hybridized carbons (Fsp3) is 0.111. The summed E-state index contributed by atoms with van der Waals surface area (Å²) in [7, 11) is 0. The van der Waals surface area contributed by atoms with Gasteiger partial charge in [0.1, 0.15) is 12.2 Å². The smallest absolute Gasteiger partial charge is 0.133 e. The predicted molar refractivity (Wildman–Crippen MR) is 252 cm³/mol. The van der Waals surface area contributed by atoms with Crippen molar-refractivity contribution in [3.05, 3.63) is 237 Å². The van der Waals surface area contributed by atoms with Crippen LogP contribution < -0.4 is 24.3 Å². The number of para-hydroxylation sites is 7. The SMILES string of the molecule is [Ir].[c-]1c(-c2[c-][n+](Cc3ccccc3)nn2-c2ccccc2)nnn1Cc1ccccc1.[c-]1ccccc1N1[CH-]N(CCCCN2[CH-]N(c3[c-]cccc3)c3ccccc32)c2ccccc21. The Morgan fingerprint density at radius 2 is 1.02 bits per heavy atom. The van der Waals surface area contributed by atoms with Crippen LogP contribution in [0.1, 0.15) is 24.0 Å². The molecule has 2 aliphatic heterocycles. The second-order valence-corrected chi connectivity index (χ2v) is 15.5. The molecule has 65 heavy (non-hydrogen) atoms. The quantitative estimate of drug-likeness (QED) is 0.0648. The molecule has 0 bridgehead atoms. The Balaban J connectivity index is 0.000000163. The number of hydrogen-bond donors (Lipinski definition) is 0. The molecule has 0 saturated heterocycles. The zero-order chi connectivity index (χ0) is 42.9. The van der Waals surface area contributed by atoms with E-state index in [0.29, 0.717) is 18.8 Å². The zero-order valence-corrected chi connectivity index (χ0v) is 38.0. The third-order valence-electron chi connectivity index (χ3n) is 11.1. The van der Waals surface area contributed by atoms with Crippen molar-refractivity contribution < 1.29 is 24.8 Å². The van der Waals surface area contributed by atoms with E-state index in [4.69, 9.17) is 5.21 Å². The van der Waals surface area contributed by atoms with Crippen LogP contribution in [-0.2, 0) is 33.2 Å². The molecule has 10 nitrogen and oxygen atoms in total. The van der Waals surface area contributed by atoms with Crippen LogP contribution in [0.15, 0.2) is 188 Å². The molecule has 4 heterocycles. The minimum Gasteiger partial charge on any atom is -0.501 e. The summed E-state index contributed by atoms with van der Waals surface area (Å²) in [5.74, 6) is 0. The van der Waals surface area contributed by atoms with Gasteiger partial charge in [0.15, 0.2) is 0 Å². The van der Waals surface area contributed by atoms with Gasteiger partial charge in [-0.2, -0.15) is 79.7 Å². The van der Waals surface area contributed by atoms with Crippen LogP contribution >= 0.6 is 0 Å². The predicted octanol–water partition coefficient (Wildman–Crippen LogP) is 10.0. The van der Waals surface area contributed by atoms with Gasteiger partial charge in [-0.3, -0.25) is 5.10 Å². The van der Waals surface area contributed by atoms with Gasteiger partial charge in [-0.15, -0.1) is 16.6 Å². The molecular formula is C54H45IrN10-5. The number of anilines is 6. The van der Waals surface area contributed by atoms with Crippen molar-refractivity contribution in [1.82, 2.24) is 24.9 Å². The van der Waals surface area contributed by atoms with E-state index in [-0.39, 0.29) is 20.1 Å². The molecule has 0 aliphatic carbocycles. The summed E-state index contributed by atoms with van der Waals surface area (Å²) in [5.41, 5.74) is 11.6. The Bertz CT molecular complexity index is 2770. The molecule has 0 atom stereocenters. The molecule has 2 aliphatic rings. The maximum absolute atomic E-state index is 4.73. The first-order valence-corrected chi connectivity index (χ1v) is 21.6. The van der Waals surface area contributed by atoms with Crippen molar-refractivity contribution in [2.75, 3.05) is 32.7 Å². The fourth-order valence-corrected chi connectivity index (χ4v) is 7.99. The van der Waals surface area contributed by atoms with Crippen LogP contribution in [-0.4, -0.2) is 38.0 Å². The van der Waals surface area contributed by atoms with Crippen LogP contribution in [0.2, 0.25) is 0 Å². The van der Waals surface area contributed by atoms with Crippen LogP contribution in [0.25, 0.3) is 17.1 Å². The number of aromatic nitrogens is 6. The first-order valence-electron chi connectivity index (χ1n) is 21.6. The molecule has 2 aromatic heterocycles. The molecule has 0 N–H and O–H groups in total. The van der Waals surface area contributed by atoms with Crippen molar-refractivity contribution in [2.45, 2.75) is 25.9 Å². The van der Waals surface area contributed by atoms with Gasteiger partial charge >= 0.3 is 0 Å². The van der Waals surface area contributed by atoms with Crippen molar-refractivity contribution in [1.29, 1.82) is 0 Å². The van der Waals surface area contributed by atoms with Crippen molar-refractivity contribution in [2.24, 2.45) is 0 Å². The first-order chi connectivity index (χ1) is 31.7. The number of rotatable bonds is 13. The van der Waals surface area contributed by atoms with Gasteiger partial charge in [-0.25, -0.2) is 15.6 Å². The number of unbranched alkanes of at least 4 members (excludes halogenated alkanes) is 1. The van der Waals surface area contributed by atoms with Crippen molar-refractivity contribution in [3.63, 3.8) is 0 Å². The van der Waals surface area contributed by atoms with Gasteiger partial charge in [-0.05, 0) is 73.5 Å². The van der Waals surface area contributed by atoms with Gasteiger partial charge in [0.05, 0.1) is 5.21 Å². The summed E-state index contributed by atoms with van der Waals surface area (Å²) >= 11 is 0. The molecule has 0 spiro atoms. The maximum Gasteiger partial charge on any atom is 0.133 e. The summed E-state index contributed by atoms with van der Waals surface area (Å²) in [6.07, 6.45) is 8.79. The van der Waals surface area contributed by atoms with Gasteiger partial charge in [0, 0.05) is 49.4 Å². The van der Waals surface area contributed by atoms with E-state index < -0.39 is 0 Å². The molecule has 7 aromatic carbocycles. The minimum absolute atomic E-state index is 0. The minimum atomic E-state index is 0. The second-order valence-electron chi connectivity index (χ2n) is 15.5. The molecule has 0 saturated carbocycles. The number of fused-ring (bicyclic) bond motifs is 2. The Morgan fingerprint density at radius 3 is 1.55 bits per heavy atom. The summed E-state index contributed by atoms with van der Waals surface area (Å²) < 4.78 is 5.33. The molecule has 0 amide bonds. The van der Waals surface area contributed by atoms with Crippen molar-refractivity contribution in [3.8, 4) is 17.1 Å². The summed E-state index contributed by atoms with van der Waals surface area (Å²) in [5, 5.41) is 13.3. The molecular weight excluding hydrogens is 981 g/mol. The van der Waals surface area contributed by atoms with E-state index in [1.165, 1.54) is 22.7 Å². The van der Waals surface area contributed by atoms with Crippen LogP contribution in [0.4, 0.5) is 34.1 Å². The van der Waals surface area contributed by atoms with Crippen LogP contribution in [0, 0.1) is 37.9 Å². The van der Waals surface area contributed by atoms with E-state index in [1.54, 1.807) is 9.36 Å². The molecule has 0 unspecified atom stereocenters. The molecule has 11 rings (SSSR count). The van der Waals surface area contributed by atoms with E-state index in [9.17, 15) is 0 Å². The maximum atomic E-state index is 4.73. The Morgan fingerprint density at radius 1 is 0.523 bits per heavy atom. The number of benzene rings is 7. The third-order valence-corrected chi connectivity index (χ3v) is 11.1. The van der Waals surface area contributed by atoms with E-state index in [0.717, 1.165) is 59.8 Å². The topological polar surface area (TPSA) is 65.4 Å². The van der Waals surface area contributed by atoms with E-state index in [2.05, 4.69) is 165 Å². The van der Waals surface area contributed by atoms with Crippen molar-refractivity contribution >= 4 is 34.1 Å². The van der Waals surface area contributed by atoms with E-state index in [1.807, 2.05) is 95.7 Å². The summed E-state index contributed by atoms with van der Waals surface area (Å²) in [6.45, 7) is 7.60. The normalized spacial score (nSPS) is 12.6. The van der Waals surface area contributed by atoms with Crippen LogP contribution in [0.5, 0.6) is 0 Å². The number of nitrogens with zero attached hydrogens (tertiary/aromatic N) is 10. The largest absolute Gasteiger partial charge is 0.501 e. The fourth-order valence-electron chi connectivity index (χ4n) is 7.99. The van der Waals surface area contributed by atoms with Gasteiger partial charge < -0.3 is 24.3 Å². The molecule has 9 aromatic rings. The van der Waals surface area contributed by atoms with Gasteiger partial charge in [0.2, 0.25) is 0 Å². The molecule has 1 radical (unpaired) electrons. The Labute approximate surface area is 394 Å². The third kappa shape index (κ3) is 9.92. The van der Waals surface area contributed by atoms with Gasteiger partial charge in [-0.1, -0.05) is 115 Å². The first kappa shape index (κ1) is 42.9. The Kier molecular flexibility index (Phi) is 13.5. The standard InChI is InChI=1S/C30H26N4.C24H19N6.Ir/c1-3-13-25(14-4-1)33-23-31(27-17-7-9-19-29(27)33)21-11-12-22-32-24-34(26-15-5-2-6-16-26)30-20-10-8-18-28(30)32;1-4-10-20(11-5-1)16-28-18-23(25-26-28)24-19-29(17-21-12-6-2-7-13-21)27-30(24)22-14-8-3-9-15-22;/h1-10,13,15,17-20,23-24H,11-12,21-22H2;1-15H,16-17H2;/q-4;-1;. The monoisotopic (exact) mass is 1030 g/mol. The van der Waals surface area contributed by atoms with Crippen LogP contribution in [0.3, 0.4) is 0 Å². The number of hydrogen-bond acceptors (Lipinski definition) is 7. The van der Waals surface area contributed by atoms with Gasteiger partial charge in [0.25, 0.3) is 0 Å². The molecule has 0 fully saturated rings.